The maximum Gasteiger partial charge on any atom is 0.442 e. The van der Waals surface area contributed by atoms with E-state index in [1.807, 2.05) is 0 Å². The van der Waals surface area contributed by atoms with Crippen molar-refractivity contribution >= 4 is 23.3 Å². The van der Waals surface area contributed by atoms with Gasteiger partial charge in [-0.15, -0.1) is 0 Å². The van der Waals surface area contributed by atoms with Gasteiger partial charge in [-0.2, -0.15) is 36.4 Å². The molecule has 0 bridgehead atoms. The Morgan fingerprint density at radius 2 is 1.58 bits per heavy atom. The summed E-state index contributed by atoms with van der Waals surface area (Å²) in [6.45, 7) is 1.05. The summed E-state index contributed by atoms with van der Waals surface area (Å²) in [5, 5.41) is 4.02. The van der Waals surface area contributed by atoms with Crippen molar-refractivity contribution in [3.8, 4) is 5.69 Å². The molecule has 0 amide bonds. The van der Waals surface area contributed by atoms with Crippen molar-refractivity contribution in [3.05, 3.63) is 76.4 Å². The van der Waals surface area contributed by atoms with E-state index in [-0.39, 0.29) is 16.3 Å². The normalized spacial score (nSPS) is 15.8. The van der Waals surface area contributed by atoms with Gasteiger partial charge in [0.2, 0.25) is 5.90 Å². The number of alkyl halides is 6. The monoisotopic (exact) mass is 459 g/mol. The van der Waals surface area contributed by atoms with Crippen LogP contribution in [-0.2, 0) is 10.3 Å². The highest BCUT2D eigenvalue weighted by Gasteiger charge is 2.77. The van der Waals surface area contributed by atoms with Crippen LogP contribution in [0.15, 0.2) is 59.6 Å². The molecule has 0 radical (unpaired) electrons. The number of nitrogens with zero attached hydrogens (tertiary/aromatic N) is 3. The molecule has 31 heavy (non-hydrogen) atoms. The fourth-order valence-corrected chi connectivity index (χ4v) is 3.59. The maximum absolute atomic E-state index is 14.2. The van der Waals surface area contributed by atoms with Gasteiger partial charge in [-0.05, 0) is 37.3 Å². The summed E-state index contributed by atoms with van der Waals surface area (Å²) in [5.74, 6) is -1.50. The lowest BCUT2D eigenvalue weighted by molar-refractivity contribution is -0.370. The van der Waals surface area contributed by atoms with Gasteiger partial charge in [0.15, 0.2) is 5.82 Å². The second-order valence-electron chi connectivity index (χ2n) is 6.74. The second kappa shape index (κ2) is 7.01. The van der Waals surface area contributed by atoms with Crippen LogP contribution in [0.4, 0.5) is 32.2 Å². The number of hydrogen-bond donors (Lipinski definition) is 0. The van der Waals surface area contributed by atoms with Gasteiger partial charge >= 0.3 is 18.0 Å². The zero-order valence-corrected chi connectivity index (χ0v) is 16.3. The highest BCUT2D eigenvalue weighted by atomic mass is 35.5. The Morgan fingerprint density at radius 1 is 0.935 bits per heavy atom. The SMILES string of the molecule is Cc1nn(-c2ccccc2)c2c1C(C(F)(F)F)(C(F)(F)F)OC(c1cccc(Cl)c1)=N2. The summed E-state index contributed by atoms with van der Waals surface area (Å²) < 4.78 is 90.6. The molecule has 3 aromatic rings. The van der Waals surface area contributed by atoms with Gasteiger partial charge in [0.05, 0.1) is 16.9 Å². The van der Waals surface area contributed by atoms with Crippen LogP contribution >= 0.6 is 11.6 Å². The Balaban J connectivity index is 2.10. The lowest BCUT2D eigenvalue weighted by Gasteiger charge is -2.39. The minimum Gasteiger partial charge on any atom is -0.446 e. The number of halogens is 7. The molecule has 0 aliphatic carbocycles. The van der Waals surface area contributed by atoms with E-state index < -0.39 is 40.9 Å². The summed E-state index contributed by atoms with van der Waals surface area (Å²) in [4.78, 5) is 4.01. The number of rotatable bonds is 2. The van der Waals surface area contributed by atoms with Crippen molar-refractivity contribution < 1.29 is 31.1 Å². The largest absolute Gasteiger partial charge is 0.446 e. The average Bonchev–Trinajstić information content (AvgIpc) is 3.03. The number of fused-ring (bicyclic) bond motifs is 1. The summed E-state index contributed by atoms with van der Waals surface area (Å²) in [7, 11) is 0. The molecule has 11 heteroatoms. The Morgan fingerprint density at radius 3 is 2.16 bits per heavy atom. The Labute approximate surface area is 176 Å². The minimum absolute atomic E-state index is 0.0898. The third-order valence-corrected chi connectivity index (χ3v) is 4.95. The number of para-hydroxylation sites is 1. The molecule has 2 aromatic carbocycles. The van der Waals surface area contributed by atoms with Gasteiger partial charge in [-0.1, -0.05) is 35.9 Å². The molecule has 0 N–H and O–H groups in total. The van der Waals surface area contributed by atoms with E-state index in [1.54, 1.807) is 18.2 Å². The zero-order chi connectivity index (χ0) is 22.6. The first-order chi connectivity index (χ1) is 14.5. The van der Waals surface area contributed by atoms with Crippen molar-refractivity contribution in [1.29, 1.82) is 0 Å². The standard InChI is InChI=1S/C20H12ClF6N3O/c1-11-15-16(30(29-11)14-8-3-2-4-9-14)28-17(12-6-5-7-13(21)10-12)31-18(15,19(22,23)24)20(25,26)27/h2-10H,1H3. The number of benzene rings is 2. The topological polar surface area (TPSA) is 39.4 Å². The van der Waals surface area contributed by atoms with Crippen LogP contribution in [0.2, 0.25) is 5.02 Å². The molecular formula is C20H12ClF6N3O. The summed E-state index contributed by atoms with van der Waals surface area (Å²) in [6, 6.07) is 13.0. The molecule has 0 atom stereocenters. The van der Waals surface area contributed by atoms with Crippen molar-refractivity contribution in [3.63, 3.8) is 0 Å². The number of aliphatic imine (C=N–C) groups is 1. The molecule has 0 spiro atoms. The van der Waals surface area contributed by atoms with E-state index in [1.165, 1.54) is 36.4 Å². The van der Waals surface area contributed by atoms with E-state index in [0.717, 1.165) is 11.6 Å². The fraction of sp³-hybridized carbons (Fsp3) is 0.200. The van der Waals surface area contributed by atoms with Gasteiger partial charge < -0.3 is 4.74 Å². The van der Waals surface area contributed by atoms with Gasteiger partial charge in [0, 0.05) is 10.6 Å². The highest BCUT2D eigenvalue weighted by Crippen LogP contribution is 2.58. The van der Waals surface area contributed by atoms with Gasteiger partial charge in [0.1, 0.15) is 0 Å². The molecule has 1 aliphatic heterocycles. The number of aromatic nitrogens is 2. The Hall–Kier alpha value is -3.01. The van der Waals surface area contributed by atoms with Crippen LogP contribution in [0.1, 0.15) is 16.8 Å². The third-order valence-electron chi connectivity index (χ3n) is 4.72. The molecule has 0 unspecified atom stereocenters. The minimum atomic E-state index is -5.87. The first kappa shape index (κ1) is 21.2. The highest BCUT2D eigenvalue weighted by molar-refractivity contribution is 6.31. The van der Waals surface area contributed by atoms with Gasteiger partial charge in [-0.3, -0.25) is 0 Å². The quantitative estimate of drug-likeness (QED) is 0.424. The maximum atomic E-state index is 14.2. The Bertz CT molecular complexity index is 1150. The first-order valence-electron chi connectivity index (χ1n) is 8.78. The van der Waals surface area contributed by atoms with Crippen LogP contribution in [0.5, 0.6) is 0 Å². The Kier molecular flexibility index (Phi) is 4.80. The van der Waals surface area contributed by atoms with Crippen LogP contribution in [0, 0.1) is 6.92 Å². The van der Waals surface area contributed by atoms with E-state index in [0.29, 0.717) is 0 Å². The van der Waals surface area contributed by atoms with Crippen molar-refractivity contribution in [1.82, 2.24) is 9.78 Å². The number of aryl methyl sites for hydroxylation is 1. The van der Waals surface area contributed by atoms with E-state index in [4.69, 9.17) is 11.6 Å². The van der Waals surface area contributed by atoms with Crippen molar-refractivity contribution in [2.24, 2.45) is 4.99 Å². The predicted octanol–water partition coefficient (Wildman–Crippen LogP) is 6.26. The molecular weight excluding hydrogens is 448 g/mol. The van der Waals surface area contributed by atoms with E-state index >= 15 is 0 Å². The smallest absolute Gasteiger partial charge is 0.442 e. The van der Waals surface area contributed by atoms with Crippen molar-refractivity contribution in [2.75, 3.05) is 0 Å². The molecule has 2 heterocycles. The molecule has 0 saturated carbocycles. The van der Waals surface area contributed by atoms with Crippen LogP contribution in [0.3, 0.4) is 0 Å². The molecule has 4 nitrogen and oxygen atoms in total. The molecule has 162 valence electrons. The lowest BCUT2D eigenvalue weighted by Crippen LogP contribution is -2.58. The summed E-state index contributed by atoms with van der Waals surface area (Å²) >= 11 is 5.87. The number of hydrogen-bond acceptors (Lipinski definition) is 3. The van der Waals surface area contributed by atoms with Gasteiger partial charge in [0.25, 0.3) is 0 Å². The molecule has 0 saturated heterocycles. The molecule has 1 aliphatic rings. The fourth-order valence-electron chi connectivity index (χ4n) is 3.40. The first-order valence-corrected chi connectivity index (χ1v) is 9.16. The van der Waals surface area contributed by atoms with Gasteiger partial charge in [-0.25, -0.2) is 4.68 Å². The summed E-state index contributed by atoms with van der Waals surface area (Å²) in [6.07, 6.45) is -11.7. The van der Waals surface area contributed by atoms with Crippen LogP contribution in [0.25, 0.3) is 5.69 Å². The third kappa shape index (κ3) is 3.25. The van der Waals surface area contributed by atoms with E-state index in [9.17, 15) is 26.3 Å². The predicted molar refractivity (Wildman–Crippen MR) is 101 cm³/mol. The lowest BCUT2D eigenvalue weighted by atomic mass is 9.90. The molecule has 4 rings (SSSR count). The summed E-state index contributed by atoms with van der Waals surface area (Å²) in [5.41, 5.74) is -6.29. The zero-order valence-electron chi connectivity index (χ0n) is 15.6. The van der Waals surface area contributed by atoms with Crippen LogP contribution in [-0.4, -0.2) is 28.0 Å². The van der Waals surface area contributed by atoms with Crippen molar-refractivity contribution in [2.45, 2.75) is 24.9 Å². The molecule has 0 fully saturated rings. The second-order valence-corrected chi connectivity index (χ2v) is 7.17. The number of ether oxygens (including phenoxy) is 1. The molecule has 1 aromatic heterocycles. The van der Waals surface area contributed by atoms with Crippen LogP contribution < -0.4 is 0 Å². The average molecular weight is 460 g/mol. The van der Waals surface area contributed by atoms with E-state index in [2.05, 4.69) is 14.8 Å².